The Labute approximate surface area is 121 Å². The fourth-order valence-corrected chi connectivity index (χ4v) is 1.82. The Hall–Kier alpha value is -3.08. The molecular formula is C16H12N4O. The quantitative estimate of drug-likeness (QED) is 0.798. The molecule has 102 valence electrons. The second-order valence-electron chi connectivity index (χ2n) is 4.33. The Bertz CT molecular complexity index is 727. The molecule has 0 aliphatic heterocycles. The fourth-order valence-electron chi connectivity index (χ4n) is 1.82. The summed E-state index contributed by atoms with van der Waals surface area (Å²) >= 11 is 0. The van der Waals surface area contributed by atoms with Crippen LogP contribution in [0.2, 0.25) is 0 Å². The van der Waals surface area contributed by atoms with Crippen molar-refractivity contribution < 1.29 is 4.79 Å². The van der Waals surface area contributed by atoms with Crippen molar-refractivity contribution in [2.75, 3.05) is 5.32 Å². The van der Waals surface area contributed by atoms with E-state index < -0.39 is 0 Å². The van der Waals surface area contributed by atoms with Crippen LogP contribution in [0.15, 0.2) is 67.1 Å². The summed E-state index contributed by atoms with van der Waals surface area (Å²) in [6.45, 7) is 0. The van der Waals surface area contributed by atoms with Crippen LogP contribution in [0.3, 0.4) is 0 Å². The minimum absolute atomic E-state index is 0.285. The molecule has 0 radical (unpaired) electrons. The van der Waals surface area contributed by atoms with E-state index in [0.717, 1.165) is 5.56 Å². The molecule has 1 aromatic carbocycles. The highest BCUT2D eigenvalue weighted by Crippen LogP contribution is 2.15. The summed E-state index contributed by atoms with van der Waals surface area (Å²) in [4.78, 5) is 24.4. The Balaban J connectivity index is 1.75. The molecule has 2 aromatic heterocycles. The lowest BCUT2D eigenvalue weighted by Crippen LogP contribution is -2.13. The van der Waals surface area contributed by atoms with Gasteiger partial charge in [0, 0.05) is 11.8 Å². The standard InChI is InChI=1S/C16H12N4O/c21-16(14-8-4-5-9-17-14)20-13-10-18-15(19-11-13)12-6-2-1-3-7-12/h1-11H,(H,20,21). The first-order valence-corrected chi connectivity index (χ1v) is 6.43. The molecule has 1 amide bonds. The van der Waals surface area contributed by atoms with Gasteiger partial charge >= 0.3 is 0 Å². The zero-order chi connectivity index (χ0) is 14.5. The van der Waals surface area contributed by atoms with Gasteiger partial charge in [0.1, 0.15) is 5.69 Å². The summed E-state index contributed by atoms with van der Waals surface area (Å²) in [6.07, 6.45) is 4.73. The van der Waals surface area contributed by atoms with Crippen molar-refractivity contribution in [2.45, 2.75) is 0 Å². The van der Waals surface area contributed by atoms with Gasteiger partial charge in [0.15, 0.2) is 5.82 Å². The summed E-state index contributed by atoms with van der Waals surface area (Å²) in [6, 6.07) is 14.8. The SMILES string of the molecule is O=C(Nc1cnc(-c2ccccc2)nc1)c1ccccn1. The molecular weight excluding hydrogens is 264 g/mol. The fraction of sp³-hybridized carbons (Fsp3) is 0. The number of carbonyl (C=O) groups is 1. The molecule has 0 spiro atoms. The summed E-state index contributed by atoms with van der Waals surface area (Å²) in [7, 11) is 0. The van der Waals surface area contributed by atoms with Crippen LogP contribution in [-0.4, -0.2) is 20.9 Å². The number of benzene rings is 1. The lowest BCUT2D eigenvalue weighted by Gasteiger charge is -2.05. The van der Waals surface area contributed by atoms with Crippen LogP contribution < -0.4 is 5.32 Å². The highest BCUT2D eigenvalue weighted by molar-refractivity contribution is 6.02. The first kappa shape index (κ1) is 12.9. The van der Waals surface area contributed by atoms with Crippen LogP contribution in [0, 0.1) is 0 Å². The first-order chi connectivity index (χ1) is 10.3. The highest BCUT2D eigenvalue weighted by atomic mass is 16.1. The van der Waals surface area contributed by atoms with Crippen LogP contribution in [-0.2, 0) is 0 Å². The maximum atomic E-state index is 11.9. The molecule has 3 aromatic rings. The largest absolute Gasteiger partial charge is 0.318 e. The molecule has 1 N–H and O–H groups in total. The number of anilines is 1. The summed E-state index contributed by atoms with van der Waals surface area (Å²) in [5.74, 6) is 0.332. The topological polar surface area (TPSA) is 67.8 Å². The number of rotatable bonds is 3. The van der Waals surface area contributed by atoms with Gasteiger partial charge in [0.25, 0.3) is 5.91 Å². The van der Waals surface area contributed by atoms with E-state index in [0.29, 0.717) is 17.2 Å². The molecule has 0 aliphatic rings. The average molecular weight is 276 g/mol. The molecule has 0 atom stereocenters. The molecule has 0 fully saturated rings. The molecule has 5 heteroatoms. The molecule has 2 heterocycles. The Morgan fingerprint density at radius 2 is 1.57 bits per heavy atom. The van der Waals surface area contributed by atoms with Crippen molar-refractivity contribution in [1.29, 1.82) is 0 Å². The lowest BCUT2D eigenvalue weighted by molar-refractivity contribution is 0.102. The predicted molar refractivity (Wildman–Crippen MR) is 79.7 cm³/mol. The van der Waals surface area contributed by atoms with Crippen LogP contribution in [0.5, 0.6) is 0 Å². The number of pyridine rings is 1. The van der Waals surface area contributed by atoms with E-state index in [-0.39, 0.29) is 5.91 Å². The molecule has 0 saturated carbocycles. The van der Waals surface area contributed by atoms with Gasteiger partial charge in [-0.3, -0.25) is 9.78 Å². The summed E-state index contributed by atoms with van der Waals surface area (Å²) in [5, 5.41) is 2.71. The third-order valence-electron chi connectivity index (χ3n) is 2.84. The van der Waals surface area contributed by atoms with Gasteiger partial charge in [-0.1, -0.05) is 36.4 Å². The van der Waals surface area contributed by atoms with Crippen molar-refractivity contribution in [3.8, 4) is 11.4 Å². The van der Waals surface area contributed by atoms with Gasteiger partial charge in [-0.05, 0) is 12.1 Å². The van der Waals surface area contributed by atoms with E-state index >= 15 is 0 Å². The monoisotopic (exact) mass is 276 g/mol. The molecule has 0 bridgehead atoms. The van der Waals surface area contributed by atoms with Gasteiger partial charge in [-0.25, -0.2) is 9.97 Å². The molecule has 0 aliphatic carbocycles. The first-order valence-electron chi connectivity index (χ1n) is 6.43. The number of aromatic nitrogens is 3. The highest BCUT2D eigenvalue weighted by Gasteiger charge is 2.07. The minimum Gasteiger partial charge on any atom is -0.318 e. The molecule has 21 heavy (non-hydrogen) atoms. The zero-order valence-electron chi connectivity index (χ0n) is 11.1. The van der Waals surface area contributed by atoms with Gasteiger partial charge in [-0.15, -0.1) is 0 Å². The van der Waals surface area contributed by atoms with E-state index in [9.17, 15) is 4.79 Å². The molecule has 0 unspecified atom stereocenters. The van der Waals surface area contributed by atoms with E-state index in [2.05, 4.69) is 20.3 Å². The van der Waals surface area contributed by atoms with E-state index in [4.69, 9.17) is 0 Å². The molecule has 5 nitrogen and oxygen atoms in total. The van der Waals surface area contributed by atoms with Gasteiger partial charge in [0.2, 0.25) is 0 Å². The van der Waals surface area contributed by atoms with Crippen LogP contribution in [0.25, 0.3) is 11.4 Å². The molecule has 3 rings (SSSR count). The molecule has 0 saturated heterocycles. The maximum absolute atomic E-state index is 11.9. The third kappa shape index (κ3) is 3.09. The minimum atomic E-state index is -0.285. The van der Waals surface area contributed by atoms with E-state index in [1.54, 1.807) is 36.8 Å². The Kier molecular flexibility index (Phi) is 3.64. The second kappa shape index (κ2) is 5.92. The number of nitrogens with zero attached hydrogens (tertiary/aromatic N) is 3. The second-order valence-corrected chi connectivity index (χ2v) is 4.33. The summed E-state index contributed by atoms with van der Waals surface area (Å²) < 4.78 is 0. The van der Waals surface area contributed by atoms with Crippen molar-refractivity contribution in [1.82, 2.24) is 15.0 Å². The average Bonchev–Trinajstić information content (AvgIpc) is 2.57. The van der Waals surface area contributed by atoms with Crippen molar-refractivity contribution in [2.24, 2.45) is 0 Å². The van der Waals surface area contributed by atoms with Crippen LogP contribution >= 0.6 is 0 Å². The van der Waals surface area contributed by atoms with Crippen LogP contribution in [0.4, 0.5) is 5.69 Å². The Morgan fingerprint density at radius 3 is 2.24 bits per heavy atom. The van der Waals surface area contributed by atoms with Crippen molar-refractivity contribution in [3.63, 3.8) is 0 Å². The van der Waals surface area contributed by atoms with Gasteiger partial charge in [0.05, 0.1) is 18.1 Å². The van der Waals surface area contributed by atoms with Crippen LogP contribution in [0.1, 0.15) is 10.5 Å². The van der Waals surface area contributed by atoms with E-state index in [1.165, 1.54) is 0 Å². The number of hydrogen-bond donors (Lipinski definition) is 1. The number of carbonyl (C=O) groups excluding carboxylic acids is 1. The number of amides is 1. The number of hydrogen-bond acceptors (Lipinski definition) is 4. The maximum Gasteiger partial charge on any atom is 0.274 e. The van der Waals surface area contributed by atoms with E-state index in [1.807, 2.05) is 30.3 Å². The predicted octanol–water partition coefficient (Wildman–Crippen LogP) is 2.79. The van der Waals surface area contributed by atoms with Gasteiger partial charge in [-0.2, -0.15) is 0 Å². The third-order valence-corrected chi connectivity index (χ3v) is 2.84. The van der Waals surface area contributed by atoms with Gasteiger partial charge < -0.3 is 5.32 Å². The zero-order valence-corrected chi connectivity index (χ0v) is 11.1. The lowest BCUT2D eigenvalue weighted by atomic mass is 10.2. The number of nitrogens with one attached hydrogen (secondary N) is 1. The smallest absolute Gasteiger partial charge is 0.274 e. The normalized spacial score (nSPS) is 10.1. The Morgan fingerprint density at radius 1 is 0.857 bits per heavy atom. The summed E-state index contributed by atoms with van der Waals surface area (Å²) in [5.41, 5.74) is 1.81. The van der Waals surface area contributed by atoms with Crippen molar-refractivity contribution in [3.05, 3.63) is 72.8 Å². The van der Waals surface area contributed by atoms with Crippen molar-refractivity contribution >= 4 is 11.6 Å².